The first kappa shape index (κ1) is 13.2. The Morgan fingerprint density at radius 3 is 3.05 bits per heavy atom. The van der Waals surface area contributed by atoms with E-state index in [1.807, 2.05) is 18.4 Å². The van der Waals surface area contributed by atoms with E-state index in [0.29, 0.717) is 0 Å². The summed E-state index contributed by atoms with van der Waals surface area (Å²) in [7, 11) is 1.92. The van der Waals surface area contributed by atoms with Crippen LogP contribution in [-0.2, 0) is 19.5 Å². The van der Waals surface area contributed by atoms with Crippen molar-refractivity contribution >= 4 is 38.7 Å². The quantitative estimate of drug-likeness (QED) is 0.804. The molecule has 0 spiro atoms. The topological polar surface area (TPSA) is 41.1 Å². The van der Waals surface area contributed by atoms with Crippen LogP contribution in [0.4, 0.5) is 5.82 Å². The van der Waals surface area contributed by atoms with Gasteiger partial charge in [-0.25, -0.2) is 9.97 Å². The largest absolute Gasteiger partial charge is 0.372 e. The standard InChI is InChI=1S/C15H16N4S2/c1-16-14-11-4-7-21-15(11)18-13(17-14)9-19-5-2-12-10(8-19)3-6-20-12/h3-4,6-7H,2,5,8-9H2,1H3,(H,16,17,18). The van der Waals surface area contributed by atoms with Crippen LogP contribution >= 0.6 is 22.7 Å². The number of nitrogens with one attached hydrogen (secondary N) is 1. The van der Waals surface area contributed by atoms with E-state index in [4.69, 9.17) is 4.98 Å². The maximum absolute atomic E-state index is 4.71. The van der Waals surface area contributed by atoms with Gasteiger partial charge in [0.15, 0.2) is 0 Å². The Morgan fingerprint density at radius 1 is 1.24 bits per heavy atom. The average molecular weight is 316 g/mol. The summed E-state index contributed by atoms with van der Waals surface area (Å²) in [5, 5.41) is 8.57. The van der Waals surface area contributed by atoms with Gasteiger partial charge in [-0.1, -0.05) is 0 Å². The molecule has 1 aliphatic heterocycles. The van der Waals surface area contributed by atoms with Gasteiger partial charge in [0.25, 0.3) is 0 Å². The van der Waals surface area contributed by atoms with Gasteiger partial charge in [0.2, 0.25) is 0 Å². The van der Waals surface area contributed by atoms with Crippen LogP contribution in [0.25, 0.3) is 10.2 Å². The zero-order valence-corrected chi connectivity index (χ0v) is 13.4. The van der Waals surface area contributed by atoms with E-state index in [1.165, 1.54) is 10.4 Å². The number of hydrogen-bond donors (Lipinski definition) is 1. The van der Waals surface area contributed by atoms with Crippen molar-refractivity contribution in [1.29, 1.82) is 0 Å². The minimum Gasteiger partial charge on any atom is -0.372 e. The summed E-state index contributed by atoms with van der Waals surface area (Å²) in [5.41, 5.74) is 1.47. The highest BCUT2D eigenvalue weighted by Crippen LogP contribution is 2.27. The molecule has 0 bridgehead atoms. The highest BCUT2D eigenvalue weighted by molar-refractivity contribution is 7.16. The number of rotatable bonds is 3. The minimum absolute atomic E-state index is 0.817. The van der Waals surface area contributed by atoms with Gasteiger partial charge in [0.05, 0.1) is 11.9 Å². The molecular weight excluding hydrogens is 300 g/mol. The first-order valence-corrected chi connectivity index (χ1v) is 8.79. The predicted molar refractivity (Wildman–Crippen MR) is 89.1 cm³/mol. The Bertz CT molecular complexity index is 777. The van der Waals surface area contributed by atoms with Crippen LogP contribution in [0.5, 0.6) is 0 Å². The third kappa shape index (κ3) is 2.43. The second-order valence-electron chi connectivity index (χ2n) is 5.21. The zero-order chi connectivity index (χ0) is 14.2. The van der Waals surface area contributed by atoms with Gasteiger partial charge in [0.1, 0.15) is 16.5 Å². The molecule has 108 valence electrons. The molecule has 1 N–H and O–H groups in total. The Kier molecular flexibility index (Phi) is 3.37. The molecule has 0 atom stereocenters. The van der Waals surface area contributed by atoms with Crippen LogP contribution in [0, 0.1) is 0 Å². The molecule has 0 aromatic carbocycles. The lowest BCUT2D eigenvalue weighted by molar-refractivity contribution is 0.242. The summed E-state index contributed by atoms with van der Waals surface area (Å²) in [6.07, 6.45) is 1.15. The molecule has 0 saturated carbocycles. The molecule has 3 aromatic heterocycles. The molecule has 3 aromatic rings. The van der Waals surface area contributed by atoms with Gasteiger partial charge in [0, 0.05) is 25.0 Å². The fourth-order valence-electron chi connectivity index (χ4n) is 2.80. The number of anilines is 1. The smallest absolute Gasteiger partial charge is 0.146 e. The lowest BCUT2D eigenvalue weighted by atomic mass is 10.1. The second kappa shape index (κ2) is 5.36. The highest BCUT2D eigenvalue weighted by atomic mass is 32.1. The van der Waals surface area contributed by atoms with Crippen molar-refractivity contribution in [3.8, 4) is 0 Å². The summed E-state index contributed by atoms with van der Waals surface area (Å²) in [5.74, 6) is 1.84. The van der Waals surface area contributed by atoms with Crippen molar-refractivity contribution in [2.24, 2.45) is 0 Å². The van der Waals surface area contributed by atoms with Crippen LogP contribution in [0.15, 0.2) is 22.9 Å². The molecule has 4 nitrogen and oxygen atoms in total. The monoisotopic (exact) mass is 316 g/mol. The highest BCUT2D eigenvalue weighted by Gasteiger charge is 2.18. The summed E-state index contributed by atoms with van der Waals surface area (Å²) in [6.45, 7) is 2.92. The van der Waals surface area contributed by atoms with Crippen molar-refractivity contribution < 1.29 is 0 Å². The normalized spacial score (nSPS) is 15.3. The first-order valence-electron chi connectivity index (χ1n) is 7.03. The van der Waals surface area contributed by atoms with Crippen LogP contribution in [0.2, 0.25) is 0 Å². The molecule has 0 saturated heterocycles. The van der Waals surface area contributed by atoms with Crippen LogP contribution in [-0.4, -0.2) is 28.5 Å². The predicted octanol–water partition coefficient (Wildman–Crippen LogP) is 3.35. The van der Waals surface area contributed by atoms with Crippen molar-refractivity contribution in [1.82, 2.24) is 14.9 Å². The Morgan fingerprint density at radius 2 is 2.14 bits per heavy atom. The van der Waals surface area contributed by atoms with Crippen molar-refractivity contribution in [2.75, 3.05) is 18.9 Å². The van der Waals surface area contributed by atoms with E-state index in [-0.39, 0.29) is 0 Å². The Balaban J connectivity index is 1.60. The summed E-state index contributed by atoms with van der Waals surface area (Å²) in [6, 6.07) is 4.32. The SMILES string of the molecule is CNc1nc(CN2CCc3sccc3C2)nc2sccc12. The van der Waals surface area contributed by atoms with Gasteiger partial charge in [-0.2, -0.15) is 0 Å². The molecule has 0 unspecified atom stereocenters. The third-order valence-corrected chi connectivity index (χ3v) is 5.69. The summed E-state index contributed by atoms with van der Waals surface area (Å²) < 4.78 is 0. The number of fused-ring (bicyclic) bond motifs is 2. The molecule has 21 heavy (non-hydrogen) atoms. The van der Waals surface area contributed by atoms with E-state index >= 15 is 0 Å². The lowest BCUT2D eigenvalue weighted by Crippen LogP contribution is -2.29. The zero-order valence-electron chi connectivity index (χ0n) is 11.8. The fourth-order valence-corrected chi connectivity index (χ4v) is 4.48. The van der Waals surface area contributed by atoms with Crippen molar-refractivity contribution in [3.63, 3.8) is 0 Å². The van der Waals surface area contributed by atoms with E-state index in [1.54, 1.807) is 11.3 Å². The molecule has 0 radical (unpaired) electrons. The number of hydrogen-bond acceptors (Lipinski definition) is 6. The molecule has 0 amide bonds. The van der Waals surface area contributed by atoms with E-state index < -0.39 is 0 Å². The van der Waals surface area contributed by atoms with Crippen LogP contribution in [0.3, 0.4) is 0 Å². The lowest BCUT2D eigenvalue weighted by Gasteiger charge is -2.26. The summed E-state index contributed by atoms with van der Waals surface area (Å²) >= 11 is 3.55. The van der Waals surface area contributed by atoms with Crippen molar-refractivity contribution in [2.45, 2.75) is 19.5 Å². The van der Waals surface area contributed by atoms with Gasteiger partial charge < -0.3 is 5.32 Å². The number of thiophene rings is 2. The Labute approximate surface area is 131 Å². The van der Waals surface area contributed by atoms with Gasteiger partial charge >= 0.3 is 0 Å². The van der Waals surface area contributed by atoms with Crippen molar-refractivity contribution in [3.05, 3.63) is 39.2 Å². The first-order chi connectivity index (χ1) is 10.3. The van der Waals surface area contributed by atoms with Gasteiger partial charge in [-0.3, -0.25) is 4.90 Å². The number of aromatic nitrogens is 2. The van der Waals surface area contributed by atoms with E-state index in [0.717, 1.165) is 47.9 Å². The van der Waals surface area contributed by atoms with E-state index in [2.05, 4.69) is 38.1 Å². The summed E-state index contributed by atoms with van der Waals surface area (Å²) in [4.78, 5) is 14.4. The molecule has 4 heterocycles. The molecule has 1 aliphatic rings. The fraction of sp³-hybridized carbons (Fsp3) is 0.333. The van der Waals surface area contributed by atoms with Crippen LogP contribution < -0.4 is 5.32 Å². The maximum Gasteiger partial charge on any atom is 0.146 e. The maximum atomic E-state index is 4.71. The molecule has 0 aliphatic carbocycles. The molecule has 4 rings (SSSR count). The molecule has 0 fully saturated rings. The van der Waals surface area contributed by atoms with Gasteiger partial charge in [-0.15, -0.1) is 22.7 Å². The Hall–Kier alpha value is -1.50. The van der Waals surface area contributed by atoms with Crippen LogP contribution in [0.1, 0.15) is 16.3 Å². The molecular formula is C15H16N4S2. The molecule has 6 heteroatoms. The van der Waals surface area contributed by atoms with E-state index in [9.17, 15) is 0 Å². The third-order valence-electron chi connectivity index (χ3n) is 3.86. The van der Waals surface area contributed by atoms with Gasteiger partial charge in [-0.05, 0) is 34.9 Å². The second-order valence-corrected chi connectivity index (χ2v) is 7.10. The minimum atomic E-state index is 0.817. The number of nitrogens with zero attached hydrogens (tertiary/aromatic N) is 3. The average Bonchev–Trinajstić information content (AvgIpc) is 3.14.